The Morgan fingerprint density at radius 3 is 2.53 bits per heavy atom. The maximum Gasteiger partial charge on any atom is 0.120 e. The lowest BCUT2D eigenvalue weighted by Crippen LogP contribution is -1.96. The summed E-state index contributed by atoms with van der Waals surface area (Å²) in [6.07, 6.45) is 0. The van der Waals surface area contributed by atoms with Crippen LogP contribution < -0.4 is 4.74 Å². The van der Waals surface area contributed by atoms with Crippen LogP contribution in [0.25, 0.3) is 10.8 Å². The Morgan fingerprint density at radius 1 is 0.842 bits per heavy atom. The molecule has 3 aromatic carbocycles. The SMILES string of the molecule is Brc1cccc(OCc2cccc3ccccc23)c1. The molecule has 0 atom stereocenters. The molecule has 0 spiro atoms. The van der Waals surface area contributed by atoms with Gasteiger partial charge in [0.2, 0.25) is 0 Å². The zero-order valence-corrected chi connectivity index (χ0v) is 11.9. The predicted molar refractivity (Wildman–Crippen MR) is 82.4 cm³/mol. The fraction of sp³-hybridized carbons (Fsp3) is 0.0588. The first-order chi connectivity index (χ1) is 9.33. The van der Waals surface area contributed by atoms with Crippen molar-refractivity contribution in [3.05, 3.63) is 76.8 Å². The molecular weight excluding hydrogens is 300 g/mol. The molecule has 2 heteroatoms. The number of rotatable bonds is 3. The van der Waals surface area contributed by atoms with E-state index in [0.29, 0.717) is 6.61 Å². The summed E-state index contributed by atoms with van der Waals surface area (Å²) >= 11 is 3.45. The van der Waals surface area contributed by atoms with Gasteiger partial charge in [-0.05, 0) is 34.5 Å². The summed E-state index contributed by atoms with van der Waals surface area (Å²) in [6, 6.07) is 22.6. The molecule has 0 amide bonds. The second-order valence-corrected chi connectivity index (χ2v) is 5.30. The van der Waals surface area contributed by atoms with Crippen LogP contribution in [0.5, 0.6) is 5.75 Å². The van der Waals surface area contributed by atoms with Crippen LogP contribution in [-0.2, 0) is 6.61 Å². The molecule has 0 N–H and O–H groups in total. The van der Waals surface area contributed by atoms with E-state index in [9.17, 15) is 0 Å². The minimum atomic E-state index is 0.581. The van der Waals surface area contributed by atoms with Crippen molar-refractivity contribution >= 4 is 26.7 Å². The van der Waals surface area contributed by atoms with Gasteiger partial charge in [0, 0.05) is 4.47 Å². The Labute approximate surface area is 121 Å². The first-order valence-electron chi connectivity index (χ1n) is 6.18. The highest BCUT2D eigenvalue weighted by Gasteiger charge is 2.01. The maximum atomic E-state index is 5.85. The van der Waals surface area contributed by atoms with E-state index in [1.54, 1.807) is 0 Å². The molecule has 0 aliphatic carbocycles. The molecule has 0 aromatic heterocycles. The lowest BCUT2D eigenvalue weighted by atomic mass is 10.1. The molecule has 0 saturated heterocycles. The fourth-order valence-electron chi connectivity index (χ4n) is 2.14. The predicted octanol–water partition coefficient (Wildman–Crippen LogP) is 5.18. The van der Waals surface area contributed by atoms with E-state index in [1.807, 2.05) is 24.3 Å². The monoisotopic (exact) mass is 312 g/mol. The Kier molecular flexibility index (Phi) is 3.51. The van der Waals surface area contributed by atoms with Crippen molar-refractivity contribution in [2.24, 2.45) is 0 Å². The molecule has 0 heterocycles. The van der Waals surface area contributed by atoms with Crippen LogP contribution in [-0.4, -0.2) is 0 Å². The van der Waals surface area contributed by atoms with Crippen molar-refractivity contribution in [1.29, 1.82) is 0 Å². The Morgan fingerprint density at radius 2 is 1.63 bits per heavy atom. The minimum absolute atomic E-state index is 0.581. The summed E-state index contributed by atoms with van der Waals surface area (Å²) in [5.74, 6) is 0.877. The Bertz CT molecular complexity index is 701. The number of benzene rings is 3. The molecule has 3 rings (SSSR count). The fourth-order valence-corrected chi connectivity index (χ4v) is 2.51. The van der Waals surface area contributed by atoms with Gasteiger partial charge in [0.05, 0.1) is 0 Å². The average molecular weight is 313 g/mol. The smallest absolute Gasteiger partial charge is 0.120 e. The van der Waals surface area contributed by atoms with Gasteiger partial charge in [-0.15, -0.1) is 0 Å². The zero-order chi connectivity index (χ0) is 13.1. The Balaban J connectivity index is 1.86. The van der Waals surface area contributed by atoms with Gasteiger partial charge in [-0.1, -0.05) is 64.5 Å². The molecule has 0 fully saturated rings. The topological polar surface area (TPSA) is 9.23 Å². The third kappa shape index (κ3) is 2.79. The normalized spacial score (nSPS) is 10.6. The van der Waals surface area contributed by atoms with E-state index >= 15 is 0 Å². The van der Waals surface area contributed by atoms with Crippen molar-refractivity contribution in [2.45, 2.75) is 6.61 Å². The van der Waals surface area contributed by atoms with Crippen LogP contribution in [0.1, 0.15) is 5.56 Å². The van der Waals surface area contributed by atoms with Crippen molar-refractivity contribution < 1.29 is 4.74 Å². The second kappa shape index (κ2) is 5.45. The Hall–Kier alpha value is -1.80. The van der Waals surface area contributed by atoms with Crippen LogP contribution in [0.4, 0.5) is 0 Å². The summed E-state index contributed by atoms with van der Waals surface area (Å²) in [5, 5.41) is 2.50. The number of fused-ring (bicyclic) bond motifs is 1. The number of hydrogen-bond acceptors (Lipinski definition) is 1. The summed E-state index contributed by atoms with van der Waals surface area (Å²) in [6.45, 7) is 0.581. The van der Waals surface area contributed by atoms with Crippen molar-refractivity contribution in [1.82, 2.24) is 0 Å². The maximum absolute atomic E-state index is 5.85. The molecule has 0 aliphatic rings. The van der Waals surface area contributed by atoms with Gasteiger partial charge in [-0.3, -0.25) is 0 Å². The molecule has 0 unspecified atom stereocenters. The van der Waals surface area contributed by atoms with Gasteiger partial charge in [0.15, 0.2) is 0 Å². The van der Waals surface area contributed by atoms with E-state index < -0.39 is 0 Å². The van der Waals surface area contributed by atoms with Gasteiger partial charge in [-0.2, -0.15) is 0 Å². The van der Waals surface area contributed by atoms with Crippen LogP contribution in [0, 0.1) is 0 Å². The lowest BCUT2D eigenvalue weighted by Gasteiger charge is -2.09. The largest absolute Gasteiger partial charge is 0.489 e. The van der Waals surface area contributed by atoms with E-state index in [1.165, 1.54) is 16.3 Å². The molecule has 3 aromatic rings. The van der Waals surface area contributed by atoms with Crippen LogP contribution in [0.15, 0.2) is 71.2 Å². The zero-order valence-electron chi connectivity index (χ0n) is 10.3. The first kappa shape index (κ1) is 12.2. The summed E-state index contributed by atoms with van der Waals surface area (Å²) < 4.78 is 6.88. The lowest BCUT2D eigenvalue weighted by molar-refractivity contribution is 0.307. The quantitative estimate of drug-likeness (QED) is 0.647. The molecule has 1 nitrogen and oxygen atoms in total. The van der Waals surface area contributed by atoms with Crippen LogP contribution in [0.2, 0.25) is 0 Å². The first-order valence-corrected chi connectivity index (χ1v) is 6.97. The van der Waals surface area contributed by atoms with E-state index in [0.717, 1.165) is 10.2 Å². The van der Waals surface area contributed by atoms with Gasteiger partial charge in [0.1, 0.15) is 12.4 Å². The molecular formula is C17H13BrO. The summed E-state index contributed by atoms with van der Waals surface area (Å²) in [4.78, 5) is 0. The van der Waals surface area contributed by atoms with Gasteiger partial charge >= 0.3 is 0 Å². The standard InChI is InChI=1S/C17H13BrO/c18-15-8-4-9-16(11-15)19-12-14-7-3-6-13-5-1-2-10-17(13)14/h1-11H,12H2. The molecule has 0 radical (unpaired) electrons. The number of ether oxygens (including phenoxy) is 1. The summed E-state index contributed by atoms with van der Waals surface area (Å²) in [7, 11) is 0. The van der Waals surface area contributed by atoms with Crippen molar-refractivity contribution in [3.8, 4) is 5.75 Å². The van der Waals surface area contributed by atoms with Crippen LogP contribution >= 0.6 is 15.9 Å². The van der Waals surface area contributed by atoms with Crippen molar-refractivity contribution in [2.75, 3.05) is 0 Å². The van der Waals surface area contributed by atoms with E-state index in [2.05, 4.69) is 58.4 Å². The van der Waals surface area contributed by atoms with Gasteiger partial charge < -0.3 is 4.74 Å². The third-order valence-corrected chi connectivity index (χ3v) is 3.56. The highest BCUT2D eigenvalue weighted by molar-refractivity contribution is 9.10. The molecule has 19 heavy (non-hydrogen) atoms. The minimum Gasteiger partial charge on any atom is -0.489 e. The third-order valence-electron chi connectivity index (χ3n) is 3.07. The van der Waals surface area contributed by atoms with Gasteiger partial charge in [0.25, 0.3) is 0 Å². The summed E-state index contributed by atoms with van der Waals surface area (Å²) in [5.41, 5.74) is 1.21. The molecule has 94 valence electrons. The number of halogens is 1. The number of hydrogen-bond donors (Lipinski definition) is 0. The molecule has 0 aliphatic heterocycles. The van der Waals surface area contributed by atoms with Gasteiger partial charge in [-0.25, -0.2) is 0 Å². The molecule has 0 saturated carbocycles. The van der Waals surface area contributed by atoms with E-state index in [-0.39, 0.29) is 0 Å². The van der Waals surface area contributed by atoms with Crippen LogP contribution in [0.3, 0.4) is 0 Å². The second-order valence-electron chi connectivity index (χ2n) is 4.38. The highest BCUT2D eigenvalue weighted by Crippen LogP contribution is 2.22. The highest BCUT2D eigenvalue weighted by atomic mass is 79.9. The average Bonchev–Trinajstić information content (AvgIpc) is 2.45. The molecule has 0 bridgehead atoms. The van der Waals surface area contributed by atoms with E-state index in [4.69, 9.17) is 4.74 Å². The van der Waals surface area contributed by atoms with Crippen molar-refractivity contribution in [3.63, 3.8) is 0 Å².